The average Bonchev–Trinajstić information content (AvgIpc) is 2.78. The van der Waals surface area contributed by atoms with Gasteiger partial charge < -0.3 is 10.2 Å². The molecule has 126 valence electrons. The maximum Gasteiger partial charge on any atom is 0.406 e. The van der Waals surface area contributed by atoms with E-state index in [1.165, 1.54) is 0 Å². The van der Waals surface area contributed by atoms with E-state index in [0.29, 0.717) is 4.90 Å². The van der Waals surface area contributed by atoms with Crippen LogP contribution in [0.1, 0.15) is 24.9 Å². The Kier molecular flexibility index (Phi) is 5.33. The van der Waals surface area contributed by atoms with Crippen molar-refractivity contribution in [3.8, 4) is 0 Å². The van der Waals surface area contributed by atoms with E-state index in [1.54, 1.807) is 6.92 Å². The molecule has 4 nitrogen and oxygen atoms in total. The SMILES string of the molecule is CC(NC(=O)C1CC(=O)N(CC(F)(F)F)C1)c1ccccc1Br. The minimum atomic E-state index is -4.46. The van der Waals surface area contributed by atoms with Gasteiger partial charge in [0.15, 0.2) is 0 Å². The first kappa shape index (κ1) is 17.8. The number of likely N-dealkylation sites (tertiary alicyclic amines) is 1. The summed E-state index contributed by atoms with van der Waals surface area (Å²) in [6, 6.07) is 7.02. The van der Waals surface area contributed by atoms with Crippen molar-refractivity contribution in [2.75, 3.05) is 13.1 Å². The number of hydrogen-bond acceptors (Lipinski definition) is 2. The number of carbonyl (C=O) groups is 2. The van der Waals surface area contributed by atoms with Gasteiger partial charge in [0.1, 0.15) is 6.54 Å². The summed E-state index contributed by atoms with van der Waals surface area (Å²) < 4.78 is 38.0. The minimum absolute atomic E-state index is 0.190. The van der Waals surface area contributed by atoms with Gasteiger partial charge >= 0.3 is 6.18 Å². The van der Waals surface area contributed by atoms with Crippen molar-refractivity contribution in [2.24, 2.45) is 5.92 Å². The van der Waals surface area contributed by atoms with Crippen LogP contribution >= 0.6 is 15.9 Å². The molecule has 0 aliphatic carbocycles. The number of rotatable bonds is 4. The van der Waals surface area contributed by atoms with E-state index >= 15 is 0 Å². The van der Waals surface area contributed by atoms with Crippen LogP contribution in [0.2, 0.25) is 0 Å². The fraction of sp³-hybridized carbons (Fsp3) is 0.467. The Morgan fingerprint density at radius 3 is 2.70 bits per heavy atom. The topological polar surface area (TPSA) is 49.4 Å². The number of carbonyl (C=O) groups excluding carboxylic acids is 2. The third-order valence-corrected chi connectivity index (χ3v) is 4.41. The van der Waals surface area contributed by atoms with Gasteiger partial charge in [-0.3, -0.25) is 9.59 Å². The molecule has 23 heavy (non-hydrogen) atoms. The maximum atomic E-state index is 12.4. The number of amides is 2. The number of alkyl halides is 3. The number of nitrogens with one attached hydrogen (secondary N) is 1. The molecule has 1 aromatic carbocycles. The predicted molar refractivity (Wildman–Crippen MR) is 81.4 cm³/mol. The predicted octanol–water partition coefficient (Wildman–Crippen LogP) is 3.04. The summed E-state index contributed by atoms with van der Waals surface area (Å²) in [6.07, 6.45) is -4.65. The molecular weight excluding hydrogens is 377 g/mol. The van der Waals surface area contributed by atoms with Crippen LogP contribution in [0.4, 0.5) is 13.2 Å². The smallest absolute Gasteiger partial charge is 0.349 e. The van der Waals surface area contributed by atoms with Crippen LogP contribution in [0.5, 0.6) is 0 Å². The molecule has 1 fully saturated rings. The van der Waals surface area contributed by atoms with Crippen molar-refractivity contribution >= 4 is 27.7 Å². The average molecular weight is 393 g/mol. The van der Waals surface area contributed by atoms with Crippen LogP contribution in [0, 0.1) is 5.92 Å². The molecule has 1 aromatic rings. The molecule has 1 aliphatic rings. The van der Waals surface area contributed by atoms with Gasteiger partial charge in [-0.05, 0) is 18.6 Å². The van der Waals surface area contributed by atoms with Gasteiger partial charge in [0.05, 0.1) is 12.0 Å². The first-order valence-electron chi connectivity index (χ1n) is 7.06. The monoisotopic (exact) mass is 392 g/mol. The Hall–Kier alpha value is -1.57. The Labute approximate surface area is 140 Å². The highest BCUT2D eigenvalue weighted by Crippen LogP contribution is 2.26. The lowest BCUT2D eigenvalue weighted by molar-refractivity contribution is -0.157. The second-order valence-electron chi connectivity index (χ2n) is 5.54. The van der Waals surface area contributed by atoms with Crippen molar-refractivity contribution in [1.29, 1.82) is 0 Å². The number of benzene rings is 1. The second-order valence-corrected chi connectivity index (χ2v) is 6.40. The summed E-state index contributed by atoms with van der Waals surface area (Å²) >= 11 is 3.38. The number of nitrogens with zero attached hydrogens (tertiary/aromatic N) is 1. The minimum Gasteiger partial charge on any atom is -0.349 e. The van der Waals surface area contributed by atoms with E-state index in [1.807, 2.05) is 24.3 Å². The molecule has 0 radical (unpaired) electrons. The summed E-state index contributed by atoms with van der Waals surface area (Å²) in [6.45, 7) is 0.268. The van der Waals surface area contributed by atoms with E-state index in [0.717, 1.165) is 10.0 Å². The van der Waals surface area contributed by atoms with E-state index in [9.17, 15) is 22.8 Å². The van der Waals surface area contributed by atoms with E-state index in [2.05, 4.69) is 21.2 Å². The highest BCUT2D eigenvalue weighted by atomic mass is 79.9. The first-order valence-corrected chi connectivity index (χ1v) is 7.86. The molecule has 0 bridgehead atoms. The maximum absolute atomic E-state index is 12.4. The van der Waals surface area contributed by atoms with E-state index < -0.39 is 30.5 Å². The van der Waals surface area contributed by atoms with Crippen molar-refractivity contribution in [3.63, 3.8) is 0 Å². The largest absolute Gasteiger partial charge is 0.406 e. The summed E-state index contributed by atoms with van der Waals surface area (Å²) in [5, 5.41) is 2.75. The zero-order valence-electron chi connectivity index (χ0n) is 12.4. The lowest BCUT2D eigenvalue weighted by Crippen LogP contribution is -2.37. The van der Waals surface area contributed by atoms with Gasteiger partial charge in [0.25, 0.3) is 0 Å². The fourth-order valence-electron chi connectivity index (χ4n) is 2.55. The molecule has 2 atom stereocenters. The highest BCUT2D eigenvalue weighted by molar-refractivity contribution is 9.10. The lowest BCUT2D eigenvalue weighted by Gasteiger charge is -2.20. The van der Waals surface area contributed by atoms with Gasteiger partial charge in [-0.2, -0.15) is 13.2 Å². The van der Waals surface area contributed by atoms with Crippen LogP contribution in [0.25, 0.3) is 0 Å². The van der Waals surface area contributed by atoms with Gasteiger partial charge in [0, 0.05) is 17.4 Å². The molecule has 1 N–H and O–H groups in total. The Morgan fingerprint density at radius 2 is 2.09 bits per heavy atom. The molecule has 0 saturated carbocycles. The number of hydrogen-bond donors (Lipinski definition) is 1. The molecule has 0 aromatic heterocycles. The standard InChI is InChI=1S/C15H16BrF3N2O2/c1-9(11-4-2-3-5-12(11)16)20-14(23)10-6-13(22)21(7-10)8-15(17,18)19/h2-5,9-10H,6-8H2,1H3,(H,20,23). The Bertz CT molecular complexity index is 607. The molecule has 1 saturated heterocycles. The molecule has 2 rings (SSSR count). The molecule has 2 unspecified atom stereocenters. The van der Waals surface area contributed by atoms with Gasteiger partial charge in [0.2, 0.25) is 11.8 Å². The summed E-state index contributed by atoms with van der Waals surface area (Å²) in [4.78, 5) is 24.5. The molecule has 1 heterocycles. The molecule has 8 heteroatoms. The second kappa shape index (κ2) is 6.90. The zero-order valence-corrected chi connectivity index (χ0v) is 13.9. The van der Waals surface area contributed by atoms with Crippen LogP contribution < -0.4 is 5.32 Å². The summed E-state index contributed by atoms with van der Waals surface area (Å²) in [5.74, 6) is -1.81. The zero-order chi connectivity index (χ0) is 17.2. The van der Waals surface area contributed by atoms with E-state index in [-0.39, 0.29) is 19.0 Å². The van der Waals surface area contributed by atoms with Crippen molar-refractivity contribution in [2.45, 2.75) is 25.6 Å². The molecular formula is C15H16BrF3N2O2. The number of halogens is 4. The van der Waals surface area contributed by atoms with Gasteiger partial charge in [-0.1, -0.05) is 34.1 Å². The van der Waals surface area contributed by atoms with Gasteiger partial charge in [-0.15, -0.1) is 0 Å². The highest BCUT2D eigenvalue weighted by Gasteiger charge is 2.40. The van der Waals surface area contributed by atoms with Crippen LogP contribution in [0.3, 0.4) is 0 Å². The van der Waals surface area contributed by atoms with Crippen molar-refractivity contribution in [3.05, 3.63) is 34.3 Å². The van der Waals surface area contributed by atoms with Crippen LogP contribution in [-0.4, -0.2) is 36.0 Å². The van der Waals surface area contributed by atoms with Gasteiger partial charge in [-0.25, -0.2) is 0 Å². The van der Waals surface area contributed by atoms with Crippen LogP contribution in [-0.2, 0) is 9.59 Å². The van der Waals surface area contributed by atoms with E-state index in [4.69, 9.17) is 0 Å². The Morgan fingerprint density at radius 1 is 1.43 bits per heavy atom. The Balaban J connectivity index is 1.97. The fourth-order valence-corrected chi connectivity index (χ4v) is 3.18. The third-order valence-electron chi connectivity index (χ3n) is 3.69. The quantitative estimate of drug-likeness (QED) is 0.855. The molecule has 1 aliphatic heterocycles. The summed E-state index contributed by atoms with van der Waals surface area (Å²) in [7, 11) is 0. The van der Waals surface area contributed by atoms with Crippen molar-refractivity contribution in [1.82, 2.24) is 10.2 Å². The third kappa shape index (κ3) is 4.70. The first-order chi connectivity index (χ1) is 10.7. The lowest BCUT2D eigenvalue weighted by atomic mass is 10.1. The van der Waals surface area contributed by atoms with Crippen molar-refractivity contribution < 1.29 is 22.8 Å². The normalized spacial score (nSPS) is 19.8. The molecule has 0 spiro atoms. The van der Waals surface area contributed by atoms with Crippen LogP contribution in [0.15, 0.2) is 28.7 Å². The molecule has 2 amide bonds. The summed E-state index contributed by atoms with van der Waals surface area (Å²) in [5.41, 5.74) is 0.859.